The Hall–Kier alpha value is -1.49. The van der Waals surface area contributed by atoms with Crippen LogP contribution < -0.4 is 10.5 Å². The van der Waals surface area contributed by atoms with E-state index in [9.17, 15) is 0 Å². The van der Waals surface area contributed by atoms with Gasteiger partial charge in [-0.2, -0.15) is 5.10 Å². The van der Waals surface area contributed by atoms with Gasteiger partial charge in [0.15, 0.2) is 0 Å². The van der Waals surface area contributed by atoms with Gasteiger partial charge in [0.05, 0.1) is 19.9 Å². The van der Waals surface area contributed by atoms with E-state index in [1.165, 1.54) is 0 Å². The lowest BCUT2D eigenvalue weighted by atomic mass is 10.2. The second-order valence-electron chi connectivity index (χ2n) is 3.83. The Morgan fingerprint density at radius 2 is 2.24 bits per heavy atom. The van der Waals surface area contributed by atoms with Gasteiger partial charge in [-0.3, -0.25) is 0 Å². The Bertz CT molecular complexity index is 537. The summed E-state index contributed by atoms with van der Waals surface area (Å²) in [4.78, 5) is 0. The molecule has 1 aromatic carbocycles. The second kappa shape index (κ2) is 4.79. The molecule has 4 nitrogen and oxygen atoms in total. The van der Waals surface area contributed by atoms with Crippen LogP contribution in [-0.4, -0.2) is 16.9 Å². The number of anilines is 1. The van der Waals surface area contributed by atoms with Crippen LogP contribution in [0.25, 0.3) is 0 Å². The molecule has 0 saturated carbocycles. The fraction of sp³-hybridized carbons (Fsp3) is 0.250. The van der Waals surface area contributed by atoms with Gasteiger partial charge in [0, 0.05) is 10.0 Å². The molecule has 0 radical (unpaired) electrons. The number of benzene rings is 1. The van der Waals surface area contributed by atoms with Crippen LogP contribution >= 0.6 is 15.9 Å². The molecule has 5 heteroatoms. The smallest absolute Gasteiger partial charge is 0.124 e. The maximum Gasteiger partial charge on any atom is 0.124 e. The average Bonchev–Trinajstić information content (AvgIpc) is 2.64. The molecule has 0 aliphatic carbocycles. The maximum absolute atomic E-state index is 5.92. The van der Waals surface area contributed by atoms with Gasteiger partial charge in [0.1, 0.15) is 11.6 Å². The Balaban J connectivity index is 2.32. The van der Waals surface area contributed by atoms with Gasteiger partial charge in [-0.1, -0.05) is 15.9 Å². The predicted octanol–water partition coefficient (Wildman–Crippen LogP) is 2.59. The van der Waals surface area contributed by atoms with Crippen molar-refractivity contribution in [1.29, 1.82) is 0 Å². The van der Waals surface area contributed by atoms with Crippen molar-refractivity contribution in [3.8, 4) is 5.75 Å². The normalized spacial score (nSPS) is 10.5. The van der Waals surface area contributed by atoms with E-state index >= 15 is 0 Å². The minimum Gasteiger partial charge on any atom is -0.497 e. The molecule has 0 fully saturated rings. The summed E-state index contributed by atoms with van der Waals surface area (Å²) in [6.07, 6.45) is 1.77. The number of aryl methyl sites for hydroxylation is 1. The van der Waals surface area contributed by atoms with Crippen molar-refractivity contribution in [3.63, 3.8) is 0 Å². The Kier molecular flexibility index (Phi) is 3.38. The van der Waals surface area contributed by atoms with Crippen molar-refractivity contribution < 1.29 is 4.74 Å². The van der Waals surface area contributed by atoms with Crippen LogP contribution in [0.4, 0.5) is 5.82 Å². The number of methoxy groups -OCH3 is 1. The van der Waals surface area contributed by atoms with Gasteiger partial charge < -0.3 is 10.5 Å². The SMILES string of the molecule is COc1ccc(Br)c(Cn2ncc(C)c2N)c1. The molecule has 1 aromatic heterocycles. The van der Waals surface area contributed by atoms with Crippen molar-refractivity contribution in [1.82, 2.24) is 9.78 Å². The zero-order valence-corrected chi connectivity index (χ0v) is 11.4. The van der Waals surface area contributed by atoms with E-state index in [1.54, 1.807) is 18.0 Å². The van der Waals surface area contributed by atoms with E-state index in [4.69, 9.17) is 10.5 Å². The van der Waals surface area contributed by atoms with E-state index < -0.39 is 0 Å². The predicted molar refractivity (Wildman–Crippen MR) is 71.2 cm³/mol. The summed E-state index contributed by atoms with van der Waals surface area (Å²) in [6.45, 7) is 2.57. The Morgan fingerprint density at radius 1 is 1.47 bits per heavy atom. The summed E-state index contributed by atoms with van der Waals surface area (Å²) in [6, 6.07) is 5.84. The molecule has 1 heterocycles. The molecule has 0 saturated heterocycles. The quantitative estimate of drug-likeness (QED) is 0.947. The van der Waals surface area contributed by atoms with Crippen LogP contribution in [0.15, 0.2) is 28.9 Å². The summed E-state index contributed by atoms with van der Waals surface area (Å²) in [5, 5.41) is 4.24. The Morgan fingerprint density at radius 3 is 2.82 bits per heavy atom. The third-order valence-corrected chi connectivity index (χ3v) is 3.42. The van der Waals surface area contributed by atoms with Crippen LogP contribution in [0.1, 0.15) is 11.1 Å². The highest BCUT2D eigenvalue weighted by Gasteiger charge is 2.07. The standard InChI is InChI=1S/C12H14BrN3O/c1-8-6-15-16(12(8)14)7-9-5-10(17-2)3-4-11(9)13/h3-6H,7,14H2,1-2H3. The molecule has 0 amide bonds. The van der Waals surface area contributed by atoms with Crippen LogP contribution in [0.5, 0.6) is 5.75 Å². The number of hydrogen-bond donors (Lipinski definition) is 1. The largest absolute Gasteiger partial charge is 0.497 e. The molecule has 0 spiro atoms. The molecule has 2 N–H and O–H groups in total. The highest BCUT2D eigenvalue weighted by atomic mass is 79.9. The molecule has 2 aromatic rings. The maximum atomic E-state index is 5.92. The van der Waals surface area contributed by atoms with Crippen LogP contribution in [0.2, 0.25) is 0 Å². The first-order valence-corrected chi connectivity index (χ1v) is 6.01. The monoisotopic (exact) mass is 295 g/mol. The summed E-state index contributed by atoms with van der Waals surface area (Å²) >= 11 is 3.51. The number of halogens is 1. The van der Waals surface area contributed by atoms with E-state index in [0.717, 1.165) is 21.3 Å². The topological polar surface area (TPSA) is 53.1 Å². The molecule has 0 bridgehead atoms. The fourth-order valence-corrected chi connectivity index (χ4v) is 1.95. The van der Waals surface area contributed by atoms with Crippen molar-refractivity contribution >= 4 is 21.7 Å². The average molecular weight is 296 g/mol. The highest BCUT2D eigenvalue weighted by Crippen LogP contribution is 2.24. The van der Waals surface area contributed by atoms with Crippen molar-refractivity contribution in [2.75, 3.05) is 12.8 Å². The van der Waals surface area contributed by atoms with Gasteiger partial charge in [0.25, 0.3) is 0 Å². The molecule has 0 aliphatic heterocycles. The fourth-order valence-electron chi connectivity index (χ4n) is 1.57. The van der Waals surface area contributed by atoms with Gasteiger partial charge >= 0.3 is 0 Å². The number of nitrogens with two attached hydrogens (primary N) is 1. The van der Waals surface area contributed by atoms with Crippen LogP contribution in [-0.2, 0) is 6.54 Å². The van der Waals surface area contributed by atoms with Crippen LogP contribution in [0, 0.1) is 6.92 Å². The summed E-state index contributed by atoms with van der Waals surface area (Å²) in [5.74, 6) is 1.52. The number of nitrogen functional groups attached to an aromatic ring is 1. The number of aromatic nitrogens is 2. The van der Waals surface area contributed by atoms with Gasteiger partial charge in [-0.15, -0.1) is 0 Å². The lowest BCUT2D eigenvalue weighted by Crippen LogP contribution is -2.06. The number of rotatable bonds is 3. The number of hydrogen-bond acceptors (Lipinski definition) is 3. The second-order valence-corrected chi connectivity index (χ2v) is 4.68. The first-order valence-electron chi connectivity index (χ1n) is 5.22. The van der Waals surface area contributed by atoms with E-state index in [-0.39, 0.29) is 0 Å². The Labute approximate surface area is 109 Å². The van der Waals surface area contributed by atoms with Crippen molar-refractivity contribution in [2.45, 2.75) is 13.5 Å². The van der Waals surface area contributed by atoms with E-state index in [1.807, 2.05) is 25.1 Å². The van der Waals surface area contributed by atoms with Gasteiger partial charge in [-0.05, 0) is 30.7 Å². The first kappa shape index (κ1) is 12.0. The lowest BCUT2D eigenvalue weighted by Gasteiger charge is -2.09. The van der Waals surface area contributed by atoms with E-state index in [0.29, 0.717) is 12.4 Å². The minimum atomic E-state index is 0.622. The van der Waals surface area contributed by atoms with Crippen molar-refractivity contribution in [2.24, 2.45) is 0 Å². The zero-order chi connectivity index (χ0) is 12.4. The summed E-state index contributed by atoms with van der Waals surface area (Å²) < 4.78 is 7.99. The molecule has 0 unspecified atom stereocenters. The van der Waals surface area contributed by atoms with Crippen LogP contribution in [0.3, 0.4) is 0 Å². The third kappa shape index (κ3) is 2.44. The summed E-state index contributed by atoms with van der Waals surface area (Å²) in [5.41, 5.74) is 8.00. The first-order chi connectivity index (χ1) is 8.11. The molecule has 0 aliphatic rings. The molecule has 0 atom stereocenters. The number of nitrogens with zero attached hydrogens (tertiary/aromatic N) is 2. The number of ether oxygens (including phenoxy) is 1. The minimum absolute atomic E-state index is 0.622. The zero-order valence-electron chi connectivity index (χ0n) is 9.77. The lowest BCUT2D eigenvalue weighted by molar-refractivity contribution is 0.414. The summed E-state index contributed by atoms with van der Waals surface area (Å²) in [7, 11) is 1.65. The molecule has 90 valence electrons. The molecule has 17 heavy (non-hydrogen) atoms. The highest BCUT2D eigenvalue weighted by molar-refractivity contribution is 9.10. The van der Waals surface area contributed by atoms with Gasteiger partial charge in [0.2, 0.25) is 0 Å². The molecular formula is C12H14BrN3O. The third-order valence-electron chi connectivity index (χ3n) is 2.65. The molecule has 2 rings (SSSR count). The molecular weight excluding hydrogens is 282 g/mol. The van der Waals surface area contributed by atoms with E-state index in [2.05, 4.69) is 21.0 Å². The van der Waals surface area contributed by atoms with Crippen molar-refractivity contribution in [3.05, 3.63) is 40.0 Å². The van der Waals surface area contributed by atoms with Gasteiger partial charge in [-0.25, -0.2) is 4.68 Å².